The van der Waals surface area contributed by atoms with E-state index in [9.17, 15) is 4.79 Å². The van der Waals surface area contributed by atoms with Gasteiger partial charge in [-0.15, -0.1) is 0 Å². The van der Waals surface area contributed by atoms with E-state index >= 15 is 0 Å². The van der Waals surface area contributed by atoms with Crippen molar-refractivity contribution >= 4 is 29.1 Å². The average molecular weight is 340 g/mol. The van der Waals surface area contributed by atoms with Crippen molar-refractivity contribution < 1.29 is 9.53 Å². The van der Waals surface area contributed by atoms with Crippen molar-refractivity contribution in [1.82, 2.24) is 14.7 Å². The molecule has 0 N–H and O–H groups in total. The number of aromatic nitrogens is 2. The summed E-state index contributed by atoms with van der Waals surface area (Å²) in [6.07, 6.45) is 3.83. The predicted molar refractivity (Wildman–Crippen MR) is 84.5 cm³/mol. The summed E-state index contributed by atoms with van der Waals surface area (Å²) in [5.74, 6) is 0.453. The fraction of sp³-hybridized carbons (Fsp3) is 0.333. The second-order valence-corrected chi connectivity index (χ2v) is 5.85. The van der Waals surface area contributed by atoms with Crippen LogP contribution in [0.1, 0.15) is 23.3 Å². The van der Waals surface area contributed by atoms with Crippen molar-refractivity contribution in [2.75, 3.05) is 13.1 Å². The Labute approximate surface area is 138 Å². The van der Waals surface area contributed by atoms with E-state index < -0.39 is 0 Å². The van der Waals surface area contributed by atoms with Crippen molar-refractivity contribution in [3.63, 3.8) is 0 Å². The van der Waals surface area contributed by atoms with Gasteiger partial charge in [0.2, 0.25) is 0 Å². The van der Waals surface area contributed by atoms with Crippen LogP contribution in [-0.4, -0.2) is 33.7 Å². The van der Waals surface area contributed by atoms with E-state index in [4.69, 9.17) is 27.9 Å². The molecule has 0 aliphatic carbocycles. The standard InChI is InChI=1S/C15H15Cl2N3O2/c16-11-4-3-5-13(14(11)17)22-10-20-9-6-12(18-20)15(21)19-7-1-2-8-19/h3-6,9H,1-2,7-8,10H2. The van der Waals surface area contributed by atoms with Crippen LogP contribution in [0, 0.1) is 0 Å². The lowest BCUT2D eigenvalue weighted by atomic mass is 10.3. The summed E-state index contributed by atoms with van der Waals surface area (Å²) in [6, 6.07) is 6.88. The quantitative estimate of drug-likeness (QED) is 0.856. The van der Waals surface area contributed by atoms with Gasteiger partial charge in [-0.1, -0.05) is 29.3 Å². The van der Waals surface area contributed by atoms with Gasteiger partial charge in [0, 0.05) is 19.3 Å². The highest BCUT2D eigenvalue weighted by Crippen LogP contribution is 2.31. The predicted octanol–water partition coefficient (Wildman–Crippen LogP) is 3.46. The average Bonchev–Trinajstić information content (AvgIpc) is 3.19. The number of hydrogen-bond donors (Lipinski definition) is 0. The van der Waals surface area contributed by atoms with E-state index in [1.54, 1.807) is 35.1 Å². The molecule has 0 unspecified atom stereocenters. The summed E-state index contributed by atoms with van der Waals surface area (Å²) >= 11 is 12.0. The van der Waals surface area contributed by atoms with Gasteiger partial charge in [-0.2, -0.15) is 5.10 Å². The molecule has 22 heavy (non-hydrogen) atoms. The van der Waals surface area contributed by atoms with Crippen LogP contribution in [0.15, 0.2) is 30.5 Å². The Morgan fingerprint density at radius 2 is 2.00 bits per heavy atom. The van der Waals surface area contributed by atoms with Crippen LogP contribution >= 0.6 is 23.2 Å². The Morgan fingerprint density at radius 3 is 2.77 bits per heavy atom. The number of nitrogens with zero attached hydrogens (tertiary/aromatic N) is 3. The Morgan fingerprint density at radius 1 is 1.23 bits per heavy atom. The van der Waals surface area contributed by atoms with Crippen molar-refractivity contribution in [3.8, 4) is 5.75 Å². The van der Waals surface area contributed by atoms with Gasteiger partial charge in [0.25, 0.3) is 5.91 Å². The zero-order chi connectivity index (χ0) is 15.5. The molecule has 2 heterocycles. The molecule has 1 aromatic heterocycles. The van der Waals surface area contributed by atoms with Crippen LogP contribution in [0.3, 0.4) is 0 Å². The molecule has 5 nitrogen and oxygen atoms in total. The number of amides is 1. The van der Waals surface area contributed by atoms with Crippen molar-refractivity contribution in [3.05, 3.63) is 46.2 Å². The molecule has 0 radical (unpaired) electrons. The van der Waals surface area contributed by atoms with E-state index in [-0.39, 0.29) is 12.6 Å². The molecule has 0 spiro atoms. The molecule has 1 aliphatic rings. The number of rotatable bonds is 4. The van der Waals surface area contributed by atoms with Crippen molar-refractivity contribution in [2.24, 2.45) is 0 Å². The minimum absolute atomic E-state index is 0.0305. The minimum atomic E-state index is -0.0305. The summed E-state index contributed by atoms with van der Waals surface area (Å²) < 4.78 is 7.14. The topological polar surface area (TPSA) is 47.4 Å². The van der Waals surface area contributed by atoms with Crippen LogP contribution in [0.4, 0.5) is 0 Å². The lowest BCUT2D eigenvalue weighted by Gasteiger charge is -2.13. The highest BCUT2D eigenvalue weighted by atomic mass is 35.5. The second-order valence-electron chi connectivity index (χ2n) is 5.07. The maximum atomic E-state index is 12.2. The van der Waals surface area contributed by atoms with Crippen LogP contribution in [0.5, 0.6) is 5.75 Å². The third-order valence-electron chi connectivity index (χ3n) is 3.52. The normalized spacial score (nSPS) is 14.4. The zero-order valence-corrected chi connectivity index (χ0v) is 13.3. The van der Waals surface area contributed by atoms with E-state index in [1.807, 2.05) is 4.90 Å². The minimum Gasteiger partial charge on any atom is -0.470 e. The largest absolute Gasteiger partial charge is 0.470 e. The van der Waals surface area contributed by atoms with Crippen LogP contribution in [0.2, 0.25) is 10.0 Å². The smallest absolute Gasteiger partial charge is 0.274 e. The number of likely N-dealkylation sites (tertiary alicyclic amines) is 1. The Balaban J connectivity index is 1.64. The maximum Gasteiger partial charge on any atom is 0.274 e. The molecule has 1 saturated heterocycles. The summed E-state index contributed by atoms with van der Waals surface area (Å²) in [5.41, 5.74) is 0.433. The molecule has 0 saturated carbocycles. The Bertz CT molecular complexity index is 681. The fourth-order valence-electron chi connectivity index (χ4n) is 2.36. The van der Waals surface area contributed by atoms with Gasteiger partial charge in [0.15, 0.2) is 12.4 Å². The summed E-state index contributed by atoms with van der Waals surface area (Å²) in [6.45, 7) is 1.77. The van der Waals surface area contributed by atoms with E-state index in [2.05, 4.69) is 5.10 Å². The fourth-order valence-corrected chi connectivity index (χ4v) is 2.71. The monoisotopic (exact) mass is 339 g/mol. The van der Waals surface area contributed by atoms with Gasteiger partial charge in [-0.3, -0.25) is 4.79 Å². The molecule has 7 heteroatoms. The highest BCUT2D eigenvalue weighted by Gasteiger charge is 2.21. The first-order valence-corrected chi connectivity index (χ1v) is 7.80. The van der Waals surface area contributed by atoms with Gasteiger partial charge in [-0.25, -0.2) is 4.68 Å². The summed E-state index contributed by atoms with van der Waals surface area (Å²) in [4.78, 5) is 14.0. The summed E-state index contributed by atoms with van der Waals surface area (Å²) in [5, 5.41) is 5.05. The van der Waals surface area contributed by atoms with E-state index in [1.165, 1.54) is 0 Å². The first-order chi connectivity index (χ1) is 10.6. The number of ether oxygens (including phenoxy) is 1. The molecular formula is C15H15Cl2N3O2. The molecule has 2 aromatic rings. The third-order valence-corrected chi connectivity index (χ3v) is 4.32. The summed E-state index contributed by atoms with van der Waals surface area (Å²) in [7, 11) is 0. The lowest BCUT2D eigenvalue weighted by molar-refractivity contribution is 0.0785. The molecule has 1 aromatic carbocycles. The second kappa shape index (κ2) is 6.58. The number of benzene rings is 1. The third kappa shape index (κ3) is 3.20. The zero-order valence-electron chi connectivity index (χ0n) is 11.8. The van der Waals surface area contributed by atoms with Crippen LogP contribution in [-0.2, 0) is 6.73 Å². The van der Waals surface area contributed by atoms with Crippen molar-refractivity contribution in [1.29, 1.82) is 0 Å². The number of carbonyl (C=O) groups excluding carboxylic acids is 1. The number of halogens is 2. The van der Waals surface area contributed by atoms with Gasteiger partial charge in [-0.05, 0) is 31.0 Å². The van der Waals surface area contributed by atoms with Crippen LogP contribution in [0.25, 0.3) is 0 Å². The molecular weight excluding hydrogens is 325 g/mol. The molecule has 0 atom stereocenters. The molecule has 1 amide bonds. The van der Waals surface area contributed by atoms with Gasteiger partial charge >= 0.3 is 0 Å². The van der Waals surface area contributed by atoms with Crippen LogP contribution < -0.4 is 4.74 Å². The first kappa shape index (κ1) is 15.2. The van der Waals surface area contributed by atoms with E-state index in [0.29, 0.717) is 21.5 Å². The van der Waals surface area contributed by atoms with Gasteiger partial charge < -0.3 is 9.64 Å². The highest BCUT2D eigenvalue weighted by molar-refractivity contribution is 6.42. The molecule has 0 bridgehead atoms. The van der Waals surface area contributed by atoms with E-state index in [0.717, 1.165) is 25.9 Å². The molecule has 3 rings (SSSR count). The molecule has 116 valence electrons. The Kier molecular flexibility index (Phi) is 4.55. The number of hydrogen-bond acceptors (Lipinski definition) is 3. The van der Waals surface area contributed by atoms with Gasteiger partial charge in [0.05, 0.1) is 5.02 Å². The number of carbonyl (C=O) groups is 1. The van der Waals surface area contributed by atoms with Crippen molar-refractivity contribution in [2.45, 2.75) is 19.6 Å². The Hall–Kier alpha value is -1.72. The SMILES string of the molecule is O=C(c1ccn(COc2cccc(Cl)c2Cl)n1)N1CCCC1. The molecule has 1 fully saturated rings. The maximum absolute atomic E-state index is 12.2. The van der Waals surface area contributed by atoms with Gasteiger partial charge in [0.1, 0.15) is 10.8 Å². The first-order valence-electron chi connectivity index (χ1n) is 7.05. The molecule has 1 aliphatic heterocycles. The lowest BCUT2D eigenvalue weighted by Crippen LogP contribution is -2.28.